The Morgan fingerprint density at radius 2 is 0.952 bits per heavy atom. The number of aromatic hydroxyl groups is 4. The molecule has 13 nitrogen and oxygen atoms in total. The monoisotopic (exact) mass is 1110 g/mol. The molecule has 6 rings (SSSR count). The Hall–Kier alpha value is -5.20. The van der Waals surface area contributed by atoms with Crippen LogP contribution in [0.4, 0.5) is 11.4 Å². The second kappa shape index (κ2) is 22.9. The molecule has 0 heterocycles. The number of carbonyl (C=O) groups excluding carboxylic acids is 2. The van der Waals surface area contributed by atoms with Crippen LogP contribution in [0.5, 0.6) is 23.0 Å². The highest BCUT2D eigenvalue weighted by Crippen LogP contribution is 2.41. The van der Waals surface area contributed by atoms with Crippen LogP contribution in [0.15, 0.2) is 125 Å². The molecule has 328 valence electrons. The molecule has 6 aromatic carbocycles. The Labute approximate surface area is 398 Å². The molecule has 6 aromatic rings. The maximum absolute atomic E-state index is 13.2. The van der Waals surface area contributed by atoms with E-state index >= 15 is 0 Å². The summed E-state index contributed by atoms with van der Waals surface area (Å²) in [5.74, 6) is -1.40. The number of carbonyl (C=O) groups is 2. The van der Waals surface area contributed by atoms with E-state index in [1.54, 1.807) is 0 Å². The highest BCUT2D eigenvalue weighted by Gasteiger charge is 2.18. The molecule has 63 heavy (non-hydrogen) atoms. The van der Waals surface area contributed by atoms with E-state index in [2.05, 4.69) is 84.8 Å². The van der Waals surface area contributed by atoms with Gasteiger partial charge in [0.1, 0.15) is 31.9 Å². The summed E-state index contributed by atoms with van der Waals surface area (Å²) in [6, 6.07) is 31.0. The number of hydrazone groups is 2. The van der Waals surface area contributed by atoms with E-state index in [9.17, 15) is 30.0 Å². The number of ether oxygens (including phenoxy) is 1. The molecule has 0 aliphatic rings. The van der Waals surface area contributed by atoms with Crippen molar-refractivity contribution in [1.29, 1.82) is 0 Å². The number of hydrogen-bond acceptors (Lipinski definition) is 11. The van der Waals surface area contributed by atoms with E-state index in [1.807, 2.05) is 94.7 Å². The molecule has 0 spiro atoms. The minimum Gasteiger partial charge on any atom is -0.506 e. The lowest BCUT2D eigenvalue weighted by Gasteiger charge is -2.26. The van der Waals surface area contributed by atoms with Crippen LogP contribution in [0.3, 0.4) is 0 Å². The van der Waals surface area contributed by atoms with Gasteiger partial charge in [0.25, 0.3) is 11.8 Å². The second-order valence-corrected chi connectivity index (χ2v) is 17.7. The van der Waals surface area contributed by atoms with Gasteiger partial charge in [0, 0.05) is 59.6 Å². The number of rotatable bonds is 20. The van der Waals surface area contributed by atoms with Gasteiger partial charge in [0.15, 0.2) is 0 Å². The highest BCUT2D eigenvalue weighted by molar-refractivity contribution is 9.11. The van der Waals surface area contributed by atoms with Crippen molar-refractivity contribution in [2.45, 2.75) is 25.7 Å². The average Bonchev–Trinajstić information content (AvgIpc) is 3.29. The maximum atomic E-state index is 13.2. The smallest absolute Gasteiger partial charge is 0.259 e. The lowest BCUT2D eigenvalue weighted by atomic mass is 10.1. The van der Waals surface area contributed by atoms with Crippen molar-refractivity contribution >= 4 is 121 Å². The fourth-order valence-corrected chi connectivity index (χ4v) is 9.16. The first kappa shape index (κ1) is 47.3. The summed E-state index contributed by atoms with van der Waals surface area (Å²) in [5.41, 5.74) is 7.55. The van der Waals surface area contributed by atoms with Gasteiger partial charge in [-0.15, -0.1) is 0 Å². The van der Waals surface area contributed by atoms with Crippen LogP contribution in [0.1, 0.15) is 36.8 Å². The summed E-state index contributed by atoms with van der Waals surface area (Å²) in [4.78, 5) is 30.5. The third kappa shape index (κ3) is 12.5. The van der Waals surface area contributed by atoms with Gasteiger partial charge >= 0.3 is 0 Å². The fraction of sp³-hybridized carbons (Fsp3) is 0.217. The van der Waals surface area contributed by atoms with Gasteiger partial charge in [-0.1, -0.05) is 72.8 Å². The summed E-state index contributed by atoms with van der Waals surface area (Å²) in [6.45, 7) is 2.33. The molecule has 0 aliphatic heterocycles. The predicted octanol–water partition coefficient (Wildman–Crippen LogP) is 10.1. The normalized spacial score (nSPS) is 11.5. The Morgan fingerprint density at radius 1 is 0.556 bits per heavy atom. The molecule has 0 bridgehead atoms. The zero-order valence-electron chi connectivity index (χ0n) is 33.8. The third-order valence-electron chi connectivity index (χ3n) is 10.00. The number of fused-ring (bicyclic) bond motifs is 2. The minimum atomic E-state index is -0.342. The highest BCUT2D eigenvalue weighted by atomic mass is 79.9. The van der Waals surface area contributed by atoms with E-state index in [1.165, 1.54) is 24.6 Å². The van der Waals surface area contributed by atoms with Crippen LogP contribution in [-0.2, 0) is 14.3 Å². The standard InChI is InChI=1S/C46H44Br4N6O7/c47-35-23-31(43(59)41(49)45(35)61)25-51-53-39(57)27-55(37-17-9-13-29-11-1-3-15-33(29)37)19-5-7-21-63-22-8-6-20-56(38-18-10-14-30-12-2-4-16-34(30)38)28-40(58)54-52-26-32-24-36(48)46(62)42(50)44(32)60/h1-4,9-18,23-26,59-62H,5-8,19-22,27-28H2,(H,53,57)(H,54,58)/b51-25+,52-26+. The van der Waals surface area contributed by atoms with Gasteiger partial charge in [-0.3, -0.25) is 9.59 Å². The zero-order chi connectivity index (χ0) is 44.9. The maximum Gasteiger partial charge on any atom is 0.259 e. The van der Waals surface area contributed by atoms with Gasteiger partial charge in [0.2, 0.25) is 0 Å². The van der Waals surface area contributed by atoms with Crippen LogP contribution in [0, 0.1) is 0 Å². The van der Waals surface area contributed by atoms with Gasteiger partial charge < -0.3 is 35.0 Å². The molecular weight excluding hydrogens is 1070 g/mol. The van der Waals surface area contributed by atoms with E-state index in [4.69, 9.17) is 4.74 Å². The van der Waals surface area contributed by atoms with E-state index in [0.717, 1.165) is 58.6 Å². The number of benzene rings is 6. The number of phenols is 4. The van der Waals surface area contributed by atoms with Gasteiger partial charge in [-0.2, -0.15) is 10.2 Å². The van der Waals surface area contributed by atoms with Gasteiger partial charge in [-0.25, -0.2) is 10.9 Å². The third-order valence-corrected chi connectivity index (χ3v) is 12.7. The number of halogens is 4. The average molecular weight is 1110 g/mol. The largest absolute Gasteiger partial charge is 0.506 e. The molecule has 2 amide bonds. The van der Waals surface area contributed by atoms with Crippen molar-refractivity contribution < 1.29 is 34.8 Å². The minimum absolute atomic E-state index is 0.0384. The first-order chi connectivity index (χ1) is 30.4. The summed E-state index contributed by atoms with van der Waals surface area (Å²) >= 11 is 12.8. The molecule has 0 aliphatic carbocycles. The number of anilines is 2. The summed E-state index contributed by atoms with van der Waals surface area (Å²) < 4.78 is 6.98. The first-order valence-corrected chi connectivity index (χ1v) is 23.1. The number of hydrogen-bond donors (Lipinski definition) is 6. The lowest BCUT2D eigenvalue weighted by Crippen LogP contribution is -2.36. The topological polar surface area (TPSA) is 180 Å². The Kier molecular flexibility index (Phi) is 17.2. The Morgan fingerprint density at radius 3 is 1.38 bits per heavy atom. The van der Waals surface area contributed by atoms with E-state index in [-0.39, 0.29) is 56.8 Å². The molecule has 17 heteroatoms. The number of nitrogens with one attached hydrogen (secondary N) is 2. The molecular formula is C46H44Br4N6O7. The van der Waals surface area contributed by atoms with Crippen LogP contribution in [0.25, 0.3) is 21.5 Å². The van der Waals surface area contributed by atoms with Crippen molar-refractivity contribution in [3.8, 4) is 23.0 Å². The number of phenolic OH excluding ortho intramolecular Hbond substituents is 4. The summed E-state index contributed by atoms with van der Waals surface area (Å²) in [6.07, 6.45) is 5.67. The van der Waals surface area contributed by atoms with Crippen molar-refractivity contribution in [3.63, 3.8) is 0 Å². The van der Waals surface area contributed by atoms with Crippen molar-refractivity contribution in [2.24, 2.45) is 10.2 Å². The van der Waals surface area contributed by atoms with Gasteiger partial charge in [0.05, 0.1) is 34.5 Å². The fourth-order valence-electron chi connectivity index (χ4n) is 6.85. The van der Waals surface area contributed by atoms with Crippen LogP contribution in [-0.4, -0.2) is 84.1 Å². The van der Waals surface area contributed by atoms with Crippen molar-refractivity contribution in [1.82, 2.24) is 10.9 Å². The molecule has 0 aromatic heterocycles. The van der Waals surface area contributed by atoms with E-state index in [0.29, 0.717) is 46.4 Å². The van der Waals surface area contributed by atoms with Crippen LogP contribution in [0.2, 0.25) is 0 Å². The van der Waals surface area contributed by atoms with Crippen LogP contribution < -0.4 is 20.7 Å². The van der Waals surface area contributed by atoms with E-state index < -0.39 is 0 Å². The molecule has 0 unspecified atom stereocenters. The lowest BCUT2D eigenvalue weighted by molar-refractivity contribution is -0.120. The Bertz CT molecular complexity index is 2460. The molecule has 0 saturated carbocycles. The number of nitrogens with zero attached hydrogens (tertiary/aromatic N) is 4. The Balaban J connectivity index is 1.01. The quantitative estimate of drug-likeness (QED) is 0.0247. The molecule has 0 radical (unpaired) electrons. The molecule has 0 atom stereocenters. The number of unbranched alkanes of at least 4 members (excludes halogenated alkanes) is 2. The van der Waals surface area contributed by atoms with Crippen molar-refractivity contribution in [2.75, 3.05) is 49.2 Å². The summed E-state index contributed by atoms with van der Waals surface area (Å²) in [7, 11) is 0. The first-order valence-electron chi connectivity index (χ1n) is 19.9. The van der Waals surface area contributed by atoms with Crippen molar-refractivity contribution in [3.05, 3.63) is 126 Å². The predicted molar refractivity (Wildman–Crippen MR) is 263 cm³/mol. The SMILES string of the molecule is O=C(CN(CCCCOCCCCN(CC(=O)N/N=C/c1cc(Br)c(O)c(Br)c1O)c1cccc2ccccc12)c1cccc2ccccc12)N/N=C/c1cc(Br)c(O)c(Br)c1O. The second-order valence-electron chi connectivity index (χ2n) is 14.4. The molecule has 0 saturated heterocycles. The van der Waals surface area contributed by atoms with Crippen LogP contribution >= 0.6 is 63.7 Å². The summed E-state index contributed by atoms with van der Waals surface area (Å²) in [5, 5.41) is 53.1. The number of amides is 2. The van der Waals surface area contributed by atoms with Gasteiger partial charge in [-0.05, 0) is 124 Å². The molecule has 0 fully saturated rings. The zero-order valence-corrected chi connectivity index (χ0v) is 40.1. The molecule has 6 N–H and O–H groups in total.